The molecule has 8 heteroatoms. The van der Waals surface area contributed by atoms with Crippen LogP contribution in [-0.2, 0) is 4.79 Å². The van der Waals surface area contributed by atoms with Gasteiger partial charge >= 0.3 is 0 Å². The van der Waals surface area contributed by atoms with Gasteiger partial charge in [-0.05, 0) is 189 Å². The molecule has 8 aliphatic carbocycles. The van der Waals surface area contributed by atoms with Crippen LogP contribution < -0.4 is 16.4 Å². The number of carbonyl (C=O) groups excluding carboxylic acids is 1. The average molecular weight is 817 g/mol. The SMILES string of the molecule is CC1CCC(N(C2CCC(C)CC2)C2CCC(CCC3CCCC(NC(=O)C4CC5CCC6C7CCCCC7NC6C5C(N=NC5CCC(N)CC5)C4O)C3)CC2)CC1. The fourth-order valence-corrected chi connectivity index (χ4v) is 15.9. The van der Waals surface area contributed by atoms with E-state index in [4.69, 9.17) is 16.0 Å². The number of nitrogens with two attached hydrogens (primary N) is 1. The molecule has 0 bridgehead atoms. The van der Waals surface area contributed by atoms with Crippen LogP contribution in [0.4, 0.5) is 0 Å². The quantitative estimate of drug-likeness (QED) is 0.164. The Bertz CT molecular complexity index is 1340. The Kier molecular flexibility index (Phi) is 14.5. The molecule has 8 saturated carbocycles. The molecule has 1 heterocycles. The maximum absolute atomic E-state index is 14.4. The summed E-state index contributed by atoms with van der Waals surface area (Å²) in [7, 11) is 0. The van der Waals surface area contributed by atoms with Crippen LogP contribution in [0.2, 0.25) is 0 Å². The zero-order chi connectivity index (χ0) is 40.5. The Morgan fingerprint density at radius 3 is 2.00 bits per heavy atom. The summed E-state index contributed by atoms with van der Waals surface area (Å²) in [5.74, 6) is 5.32. The van der Waals surface area contributed by atoms with E-state index in [1.807, 2.05) is 0 Å². The normalized spacial score (nSPS) is 48.3. The minimum Gasteiger partial charge on any atom is -0.390 e. The maximum atomic E-state index is 14.4. The monoisotopic (exact) mass is 817 g/mol. The van der Waals surface area contributed by atoms with Gasteiger partial charge in [-0.2, -0.15) is 10.2 Å². The van der Waals surface area contributed by atoms with E-state index >= 15 is 0 Å². The van der Waals surface area contributed by atoms with Gasteiger partial charge in [0.15, 0.2) is 0 Å². The van der Waals surface area contributed by atoms with Gasteiger partial charge < -0.3 is 21.5 Å². The molecular weight excluding hydrogens is 729 g/mol. The number of amides is 1. The summed E-state index contributed by atoms with van der Waals surface area (Å²) >= 11 is 0. The number of hydrogen-bond acceptors (Lipinski definition) is 7. The van der Waals surface area contributed by atoms with Crippen molar-refractivity contribution < 1.29 is 9.90 Å². The summed E-state index contributed by atoms with van der Waals surface area (Å²) < 4.78 is 0. The molecule has 0 radical (unpaired) electrons. The summed E-state index contributed by atoms with van der Waals surface area (Å²) in [5.41, 5.74) is 6.25. The number of fused-ring (bicyclic) bond motifs is 5. The lowest BCUT2D eigenvalue weighted by Gasteiger charge is -2.50. The summed E-state index contributed by atoms with van der Waals surface area (Å²) in [6, 6.07) is 3.97. The lowest BCUT2D eigenvalue weighted by Crippen LogP contribution is -2.59. The molecule has 334 valence electrons. The van der Waals surface area contributed by atoms with Crippen molar-refractivity contribution >= 4 is 5.91 Å². The number of nitrogens with one attached hydrogen (secondary N) is 2. The van der Waals surface area contributed by atoms with Crippen molar-refractivity contribution in [3.05, 3.63) is 0 Å². The van der Waals surface area contributed by atoms with Crippen molar-refractivity contribution in [3.63, 3.8) is 0 Å². The molecule has 11 atom stereocenters. The Morgan fingerprint density at radius 1 is 0.661 bits per heavy atom. The smallest absolute Gasteiger partial charge is 0.226 e. The first kappa shape index (κ1) is 43.2. The molecule has 9 rings (SSSR count). The molecule has 0 aromatic carbocycles. The van der Waals surface area contributed by atoms with Gasteiger partial charge in [-0.1, -0.05) is 52.4 Å². The highest BCUT2D eigenvalue weighted by molar-refractivity contribution is 5.80. The molecule has 59 heavy (non-hydrogen) atoms. The zero-order valence-electron chi connectivity index (χ0n) is 37.8. The van der Waals surface area contributed by atoms with Crippen LogP contribution in [0.5, 0.6) is 0 Å². The molecule has 5 N–H and O–H groups in total. The van der Waals surface area contributed by atoms with Gasteiger partial charge in [0.05, 0.1) is 18.1 Å². The van der Waals surface area contributed by atoms with Crippen LogP contribution in [0.3, 0.4) is 0 Å². The van der Waals surface area contributed by atoms with Gasteiger partial charge in [0, 0.05) is 48.2 Å². The van der Waals surface area contributed by atoms with Gasteiger partial charge in [0.1, 0.15) is 6.04 Å². The molecule has 9 fully saturated rings. The molecule has 8 nitrogen and oxygen atoms in total. The van der Waals surface area contributed by atoms with E-state index < -0.39 is 6.10 Å². The molecule has 1 amide bonds. The Labute approximate surface area is 360 Å². The van der Waals surface area contributed by atoms with E-state index in [9.17, 15) is 9.90 Å². The van der Waals surface area contributed by atoms with Gasteiger partial charge in [-0.15, -0.1) is 0 Å². The largest absolute Gasteiger partial charge is 0.390 e. The molecule has 11 unspecified atom stereocenters. The molecular formula is C51H88N6O2. The molecule has 0 spiro atoms. The van der Waals surface area contributed by atoms with E-state index in [0.717, 1.165) is 92.7 Å². The highest BCUT2D eigenvalue weighted by atomic mass is 16.3. The standard InChI is InChI=1S/C51H88N6O2/c1-32-10-23-40(24-11-32)57(41-25-12-33(2)13-26-41)42-27-16-34(17-28-42)14-15-35-6-5-7-39(30-35)53-51(59)45-31-36-18-29-44-43-8-3-4-9-46(43)54-48(44)47(36)49(50(45)58)56-55-38-21-19-37(52)20-22-38/h32-50,54,58H,3-31,52H2,1-2H3,(H,53,59). The molecule has 9 aliphatic rings. The number of azo groups is 1. The Morgan fingerprint density at radius 2 is 1.31 bits per heavy atom. The van der Waals surface area contributed by atoms with Crippen molar-refractivity contribution in [1.82, 2.24) is 15.5 Å². The molecule has 1 saturated heterocycles. The third-order valence-corrected chi connectivity index (χ3v) is 19.4. The third kappa shape index (κ3) is 10.0. The Balaban J connectivity index is 0.784. The van der Waals surface area contributed by atoms with Crippen molar-refractivity contribution in [2.24, 2.45) is 69.2 Å². The zero-order valence-corrected chi connectivity index (χ0v) is 37.8. The second-order valence-corrected chi connectivity index (χ2v) is 23.2. The minimum absolute atomic E-state index is 0.100. The van der Waals surface area contributed by atoms with Crippen molar-refractivity contribution in [2.75, 3.05) is 0 Å². The van der Waals surface area contributed by atoms with Crippen molar-refractivity contribution in [2.45, 2.75) is 261 Å². The topological polar surface area (TPSA) is 115 Å². The van der Waals surface area contributed by atoms with Gasteiger partial charge in [-0.25, -0.2) is 0 Å². The van der Waals surface area contributed by atoms with Crippen LogP contribution in [0, 0.1) is 53.3 Å². The highest BCUT2D eigenvalue weighted by Gasteiger charge is 2.58. The molecule has 1 aliphatic heterocycles. The van der Waals surface area contributed by atoms with E-state index in [0.29, 0.717) is 23.9 Å². The van der Waals surface area contributed by atoms with E-state index in [1.54, 1.807) is 0 Å². The van der Waals surface area contributed by atoms with Crippen molar-refractivity contribution in [1.29, 1.82) is 0 Å². The summed E-state index contributed by atoms with van der Waals surface area (Å²) in [6.45, 7) is 4.96. The summed E-state index contributed by atoms with van der Waals surface area (Å²) in [4.78, 5) is 17.5. The fourth-order valence-electron chi connectivity index (χ4n) is 15.9. The molecule has 0 aromatic rings. The van der Waals surface area contributed by atoms with Crippen LogP contribution in [0.15, 0.2) is 10.2 Å². The second-order valence-electron chi connectivity index (χ2n) is 23.2. The maximum Gasteiger partial charge on any atom is 0.226 e. The third-order valence-electron chi connectivity index (χ3n) is 19.4. The lowest BCUT2D eigenvalue weighted by atomic mass is 9.58. The first-order chi connectivity index (χ1) is 28.8. The summed E-state index contributed by atoms with van der Waals surface area (Å²) in [5, 5.41) is 30.1. The minimum atomic E-state index is -0.761. The first-order valence-electron chi connectivity index (χ1n) is 26.4. The van der Waals surface area contributed by atoms with Crippen LogP contribution in [0.25, 0.3) is 0 Å². The Hall–Kier alpha value is -1.09. The fraction of sp³-hybridized carbons (Fsp3) is 0.980. The van der Waals surface area contributed by atoms with Crippen LogP contribution in [0.1, 0.15) is 200 Å². The number of rotatable bonds is 10. The van der Waals surface area contributed by atoms with E-state index in [-0.39, 0.29) is 41.9 Å². The predicted molar refractivity (Wildman–Crippen MR) is 239 cm³/mol. The first-order valence-corrected chi connectivity index (χ1v) is 26.4. The van der Waals surface area contributed by atoms with Crippen molar-refractivity contribution in [3.8, 4) is 0 Å². The number of hydrogen-bond donors (Lipinski definition) is 4. The summed E-state index contributed by atoms with van der Waals surface area (Å²) in [6.07, 6.45) is 36.4. The van der Waals surface area contributed by atoms with Crippen LogP contribution in [-0.4, -0.2) is 76.4 Å². The highest BCUT2D eigenvalue weighted by Crippen LogP contribution is 2.53. The number of aliphatic hydroxyl groups excluding tert-OH is 1. The predicted octanol–water partition coefficient (Wildman–Crippen LogP) is 10.1. The number of carbonyl (C=O) groups is 1. The number of nitrogens with zero attached hydrogens (tertiary/aromatic N) is 3. The van der Waals surface area contributed by atoms with E-state index in [1.165, 1.54) is 141 Å². The van der Waals surface area contributed by atoms with Gasteiger partial charge in [0.25, 0.3) is 0 Å². The second kappa shape index (κ2) is 19.7. The number of aliphatic hydroxyl groups is 1. The van der Waals surface area contributed by atoms with E-state index in [2.05, 4.69) is 29.4 Å². The van der Waals surface area contributed by atoms with Gasteiger partial charge in [0.2, 0.25) is 5.91 Å². The molecule has 0 aromatic heterocycles. The average Bonchev–Trinajstić information content (AvgIpc) is 3.64. The lowest BCUT2D eigenvalue weighted by molar-refractivity contribution is -0.136. The van der Waals surface area contributed by atoms with Crippen LogP contribution >= 0.6 is 0 Å². The van der Waals surface area contributed by atoms with Gasteiger partial charge in [-0.3, -0.25) is 9.69 Å².